The number of nitriles is 1. The number of hydrazone groups is 1. The molecule has 0 spiro atoms. The molecule has 7 heteroatoms. The number of ether oxygens (including phenoxy) is 1. The molecule has 1 N–H and O–H groups in total. The third-order valence-electron chi connectivity index (χ3n) is 2.92. The predicted octanol–water partition coefficient (Wildman–Crippen LogP) is 4.18. The molecule has 2 aromatic rings. The fourth-order valence-corrected chi connectivity index (χ4v) is 2.20. The van der Waals surface area contributed by atoms with Crippen LogP contribution in [0.2, 0.25) is 10.0 Å². The van der Waals surface area contributed by atoms with Gasteiger partial charge < -0.3 is 4.74 Å². The molecule has 116 valence electrons. The summed E-state index contributed by atoms with van der Waals surface area (Å²) in [6, 6.07) is 13.0. The zero-order chi connectivity index (χ0) is 16.8. The first-order valence-electron chi connectivity index (χ1n) is 6.43. The number of hydrogen-bond donors (Lipinski definition) is 1. The Hall–Kier alpha value is -2.55. The second-order valence-corrected chi connectivity index (χ2v) is 5.15. The minimum atomic E-state index is -0.522. The standard InChI is InChI=1S/C16H11Cl2N3O2/c1-23-11-7-5-10(6-8-11)16(22)14(9-19)20-21-15-12(17)3-2-4-13(15)18/h2-8,21H,1H3/b20-14+. The number of methoxy groups -OCH3 is 1. The molecule has 2 aromatic carbocycles. The molecule has 0 unspecified atom stereocenters. The van der Waals surface area contributed by atoms with Crippen molar-refractivity contribution in [3.63, 3.8) is 0 Å². The van der Waals surface area contributed by atoms with Crippen LogP contribution < -0.4 is 10.2 Å². The van der Waals surface area contributed by atoms with Gasteiger partial charge in [-0.05, 0) is 36.4 Å². The largest absolute Gasteiger partial charge is 0.497 e. The van der Waals surface area contributed by atoms with Crippen LogP contribution in [0.4, 0.5) is 5.69 Å². The summed E-state index contributed by atoms with van der Waals surface area (Å²) in [7, 11) is 1.52. The minimum absolute atomic E-state index is 0.314. The van der Waals surface area contributed by atoms with Gasteiger partial charge in [0.1, 0.15) is 11.8 Å². The molecule has 0 aliphatic heterocycles. The second-order valence-electron chi connectivity index (χ2n) is 4.34. The van der Waals surface area contributed by atoms with Crippen molar-refractivity contribution >= 4 is 40.4 Å². The maximum absolute atomic E-state index is 12.3. The number of halogens is 2. The SMILES string of the molecule is COc1ccc(C(=O)/C(C#N)=N/Nc2c(Cl)cccc2Cl)cc1. The van der Waals surface area contributed by atoms with Gasteiger partial charge in [-0.15, -0.1) is 0 Å². The van der Waals surface area contributed by atoms with Crippen LogP contribution in [-0.2, 0) is 0 Å². The van der Waals surface area contributed by atoms with Gasteiger partial charge in [-0.3, -0.25) is 10.2 Å². The zero-order valence-electron chi connectivity index (χ0n) is 12.0. The van der Waals surface area contributed by atoms with Crippen molar-refractivity contribution in [2.45, 2.75) is 0 Å². The maximum atomic E-state index is 12.3. The van der Waals surface area contributed by atoms with E-state index in [4.69, 9.17) is 33.2 Å². The Morgan fingerprint density at radius 2 is 1.78 bits per heavy atom. The van der Waals surface area contributed by atoms with Gasteiger partial charge in [0.05, 0.1) is 22.8 Å². The van der Waals surface area contributed by atoms with Gasteiger partial charge in [0.15, 0.2) is 0 Å². The Morgan fingerprint density at radius 3 is 2.30 bits per heavy atom. The van der Waals surface area contributed by atoms with E-state index in [1.807, 2.05) is 0 Å². The summed E-state index contributed by atoms with van der Waals surface area (Å²) in [5.41, 5.74) is 2.89. The van der Waals surface area contributed by atoms with E-state index in [1.165, 1.54) is 7.11 Å². The van der Waals surface area contributed by atoms with Gasteiger partial charge in [0.2, 0.25) is 11.5 Å². The quantitative estimate of drug-likeness (QED) is 0.500. The van der Waals surface area contributed by atoms with Crippen molar-refractivity contribution in [1.29, 1.82) is 5.26 Å². The van der Waals surface area contributed by atoms with E-state index in [1.54, 1.807) is 48.5 Å². The van der Waals surface area contributed by atoms with Gasteiger partial charge in [0, 0.05) is 5.56 Å². The summed E-state index contributed by atoms with van der Waals surface area (Å²) in [6.07, 6.45) is 0. The van der Waals surface area contributed by atoms with E-state index in [0.29, 0.717) is 27.0 Å². The number of ketones is 1. The zero-order valence-corrected chi connectivity index (χ0v) is 13.5. The van der Waals surface area contributed by atoms with Gasteiger partial charge >= 0.3 is 0 Å². The average Bonchev–Trinajstić information content (AvgIpc) is 2.57. The minimum Gasteiger partial charge on any atom is -0.497 e. The molecule has 0 amide bonds. The second kappa shape index (κ2) is 7.63. The van der Waals surface area contributed by atoms with Crippen LogP contribution in [-0.4, -0.2) is 18.6 Å². The van der Waals surface area contributed by atoms with Crippen molar-refractivity contribution < 1.29 is 9.53 Å². The lowest BCUT2D eigenvalue weighted by molar-refractivity contribution is 0.106. The number of carbonyl (C=O) groups excluding carboxylic acids is 1. The summed E-state index contributed by atoms with van der Waals surface area (Å²) < 4.78 is 5.02. The molecule has 0 radical (unpaired) electrons. The molecule has 0 fully saturated rings. The highest BCUT2D eigenvalue weighted by Gasteiger charge is 2.15. The van der Waals surface area contributed by atoms with E-state index in [-0.39, 0.29) is 5.71 Å². The van der Waals surface area contributed by atoms with Gasteiger partial charge in [-0.1, -0.05) is 29.3 Å². The molecule has 5 nitrogen and oxygen atoms in total. The molecule has 23 heavy (non-hydrogen) atoms. The lowest BCUT2D eigenvalue weighted by Gasteiger charge is -2.06. The number of carbonyl (C=O) groups is 1. The van der Waals surface area contributed by atoms with Crippen LogP contribution in [0.25, 0.3) is 0 Å². The Bertz CT molecular complexity index is 776. The monoisotopic (exact) mass is 347 g/mol. The predicted molar refractivity (Wildman–Crippen MR) is 90.5 cm³/mol. The van der Waals surface area contributed by atoms with Crippen molar-refractivity contribution in [1.82, 2.24) is 0 Å². The first-order valence-corrected chi connectivity index (χ1v) is 7.19. The number of para-hydroxylation sites is 1. The highest BCUT2D eigenvalue weighted by molar-refractivity contribution is 6.51. The number of anilines is 1. The van der Waals surface area contributed by atoms with Crippen LogP contribution in [0.1, 0.15) is 10.4 Å². The molecule has 2 rings (SSSR count). The topological polar surface area (TPSA) is 74.5 Å². The Labute approximate surface area is 143 Å². The van der Waals surface area contributed by atoms with Crippen molar-refractivity contribution in [3.05, 3.63) is 58.1 Å². The van der Waals surface area contributed by atoms with Crippen LogP contribution in [0.3, 0.4) is 0 Å². The lowest BCUT2D eigenvalue weighted by atomic mass is 10.1. The average molecular weight is 348 g/mol. The maximum Gasteiger partial charge on any atom is 0.223 e. The Kier molecular flexibility index (Phi) is 5.58. The van der Waals surface area contributed by atoms with E-state index in [0.717, 1.165) is 0 Å². The normalized spacial score (nSPS) is 10.8. The molecule has 0 heterocycles. The van der Waals surface area contributed by atoms with E-state index in [9.17, 15) is 4.79 Å². The third kappa shape index (κ3) is 4.01. The molecule has 0 saturated heterocycles. The molecule has 0 aromatic heterocycles. The highest BCUT2D eigenvalue weighted by atomic mass is 35.5. The Morgan fingerprint density at radius 1 is 1.17 bits per heavy atom. The van der Waals surface area contributed by atoms with Gasteiger partial charge in [0.25, 0.3) is 0 Å². The smallest absolute Gasteiger partial charge is 0.223 e. The summed E-state index contributed by atoms with van der Waals surface area (Å²) in [5.74, 6) is 0.0869. The van der Waals surface area contributed by atoms with Crippen molar-refractivity contribution in [3.8, 4) is 11.8 Å². The lowest BCUT2D eigenvalue weighted by Crippen LogP contribution is -2.14. The molecule has 0 aliphatic rings. The van der Waals surface area contributed by atoms with Gasteiger partial charge in [-0.25, -0.2) is 0 Å². The first-order chi connectivity index (χ1) is 11.1. The molecule has 0 atom stereocenters. The number of Topliss-reactive ketones (excluding diaryl/α,β-unsaturated/α-hetero) is 1. The molecular formula is C16H11Cl2N3O2. The number of nitrogens with zero attached hydrogens (tertiary/aromatic N) is 2. The van der Waals surface area contributed by atoms with Crippen LogP contribution >= 0.6 is 23.2 Å². The summed E-state index contributed by atoms with van der Waals surface area (Å²) in [4.78, 5) is 12.3. The first kappa shape index (κ1) is 16.8. The summed E-state index contributed by atoms with van der Waals surface area (Å²) >= 11 is 12.0. The van der Waals surface area contributed by atoms with Crippen LogP contribution in [0.15, 0.2) is 47.6 Å². The summed E-state index contributed by atoms with van der Waals surface area (Å²) in [6.45, 7) is 0. The van der Waals surface area contributed by atoms with E-state index in [2.05, 4.69) is 10.5 Å². The van der Waals surface area contributed by atoms with Gasteiger partial charge in [-0.2, -0.15) is 10.4 Å². The molecule has 0 aliphatic carbocycles. The number of nitrogens with one attached hydrogen (secondary N) is 1. The summed E-state index contributed by atoms with van der Waals surface area (Å²) in [5, 5.41) is 13.6. The highest BCUT2D eigenvalue weighted by Crippen LogP contribution is 2.29. The number of hydrogen-bond acceptors (Lipinski definition) is 5. The third-order valence-corrected chi connectivity index (χ3v) is 3.55. The van der Waals surface area contributed by atoms with Crippen LogP contribution in [0.5, 0.6) is 5.75 Å². The van der Waals surface area contributed by atoms with E-state index < -0.39 is 5.78 Å². The molecule has 0 bridgehead atoms. The fourth-order valence-electron chi connectivity index (χ4n) is 1.72. The molecular weight excluding hydrogens is 337 g/mol. The molecule has 0 saturated carbocycles. The Balaban J connectivity index is 2.24. The number of rotatable bonds is 5. The van der Waals surface area contributed by atoms with E-state index >= 15 is 0 Å². The van der Waals surface area contributed by atoms with Crippen molar-refractivity contribution in [2.24, 2.45) is 5.10 Å². The fraction of sp³-hybridized carbons (Fsp3) is 0.0625. The number of benzene rings is 2. The van der Waals surface area contributed by atoms with Crippen LogP contribution in [0, 0.1) is 11.3 Å². The van der Waals surface area contributed by atoms with Crippen molar-refractivity contribution in [2.75, 3.05) is 12.5 Å².